The number of benzene rings is 3. The third-order valence-corrected chi connectivity index (χ3v) is 4.95. The first kappa shape index (κ1) is 24.1. The van der Waals surface area contributed by atoms with E-state index in [1.165, 1.54) is 13.3 Å². The SMILES string of the molecule is COc1cccc(NC(=O)CC(=O)NN=Cc2ccc(OCc3ccc(Cl)cc3Cl)cc2)c1. The van der Waals surface area contributed by atoms with E-state index < -0.39 is 11.8 Å². The second-order valence-corrected chi connectivity index (χ2v) is 7.69. The van der Waals surface area contributed by atoms with Gasteiger partial charge in [0.2, 0.25) is 11.8 Å². The summed E-state index contributed by atoms with van der Waals surface area (Å²) in [6.07, 6.45) is 1.10. The highest BCUT2D eigenvalue weighted by Crippen LogP contribution is 2.23. The van der Waals surface area contributed by atoms with Gasteiger partial charge in [0.15, 0.2) is 0 Å². The molecular weight excluding hydrogens is 465 g/mol. The number of methoxy groups -OCH3 is 1. The molecule has 33 heavy (non-hydrogen) atoms. The van der Waals surface area contributed by atoms with Crippen LogP contribution in [-0.4, -0.2) is 25.1 Å². The Labute approximate surface area is 201 Å². The van der Waals surface area contributed by atoms with Gasteiger partial charge in [-0.05, 0) is 54.1 Å². The summed E-state index contributed by atoms with van der Waals surface area (Å²) in [5, 5.41) is 7.62. The van der Waals surface area contributed by atoms with Crippen molar-refractivity contribution in [3.05, 3.63) is 87.9 Å². The second-order valence-electron chi connectivity index (χ2n) is 6.84. The Hall–Kier alpha value is -3.55. The van der Waals surface area contributed by atoms with Gasteiger partial charge in [-0.25, -0.2) is 5.43 Å². The maximum absolute atomic E-state index is 12.0. The molecule has 0 spiro atoms. The van der Waals surface area contributed by atoms with E-state index in [0.29, 0.717) is 33.8 Å². The summed E-state index contributed by atoms with van der Waals surface area (Å²) in [5.74, 6) is 0.258. The van der Waals surface area contributed by atoms with Crippen LogP contribution in [0.4, 0.5) is 5.69 Å². The molecule has 3 aromatic carbocycles. The molecule has 0 unspecified atom stereocenters. The molecule has 170 valence electrons. The normalized spacial score (nSPS) is 10.6. The summed E-state index contributed by atoms with van der Waals surface area (Å²) >= 11 is 12.0. The molecule has 0 aliphatic heterocycles. The van der Waals surface area contributed by atoms with Crippen LogP contribution in [0.15, 0.2) is 71.8 Å². The van der Waals surface area contributed by atoms with Gasteiger partial charge in [0, 0.05) is 27.4 Å². The largest absolute Gasteiger partial charge is 0.497 e. The summed E-state index contributed by atoms with van der Waals surface area (Å²) in [6.45, 7) is 0.303. The van der Waals surface area contributed by atoms with Gasteiger partial charge in [-0.15, -0.1) is 0 Å². The van der Waals surface area contributed by atoms with E-state index in [4.69, 9.17) is 32.7 Å². The molecule has 0 aliphatic rings. The van der Waals surface area contributed by atoms with Crippen molar-refractivity contribution in [1.82, 2.24) is 5.43 Å². The average molecular weight is 486 g/mol. The molecule has 7 nitrogen and oxygen atoms in total. The molecule has 0 bridgehead atoms. The quantitative estimate of drug-likeness (QED) is 0.251. The standard InChI is InChI=1S/C24H21Cl2N3O4/c1-32-21-4-2-3-19(12-21)28-23(30)13-24(31)29-27-14-16-5-9-20(10-6-16)33-15-17-7-8-18(25)11-22(17)26/h2-12,14H,13,15H2,1H3,(H,28,30)(H,29,31). The van der Waals surface area contributed by atoms with Gasteiger partial charge >= 0.3 is 0 Å². The van der Waals surface area contributed by atoms with Gasteiger partial charge < -0.3 is 14.8 Å². The monoisotopic (exact) mass is 485 g/mol. The number of hydrazone groups is 1. The fourth-order valence-corrected chi connectivity index (χ4v) is 3.18. The lowest BCUT2D eigenvalue weighted by molar-refractivity contribution is -0.126. The lowest BCUT2D eigenvalue weighted by Gasteiger charge is -2.08. The summed E-state index contributed by atoms with van der Waals surface area (Å²) in [4.78, 5) is 23.9. The topological polar surface area (TPSA) is 89.0 Å². The molecule has 0 aromatic heterocycles. The lowest BCUT2D eigenvalue weighted by Crippen LogP contribution is -2.24. The maximum atomic E-state index is 12.0. The number of carbonyl (C=O) groups is 2. The molecule has 0 saturated carbocycles. The molecule has 2 amide bonds. The van der Waals surface area contributed by atoms with E-state index >= 15 is 0 Å². The molecule has 2 N–H and O–H groups in total. The van der Waals surface area contributed by atoms with E-state index in [-0.39, 0.29) is 6.42 Å². The number of carbonyl (C=O) groups excluding carboxylic acids is 2. The zero-order chi connectivity index (χ0) is 23.6. The predicted octanol–water partition coefficient (Wildman–Crippen LogP) is 5.06. The second kappa shape index (κ2) is 11.9. The molecule has 9 heteroatoms. The van der Waals surface area contributed by atoms with Gasteiger partial charge in [-0.2, -0.15) is 5.10 Å². The number of anilines is 1. The van der Waals surface area contributed by atoms with Gasteiger partial charge in [-0.3, -0.25) is 9.59 Å². The summed E-state index contributed by atoms with van der Waals surface area (Å²) < 4.78 is 10.8. The van der Waals surface area contributed by atoms with Crippen molar-refractivity contribution >= 4 is 46.9 Å². The number of hydrogen-bond acceptors (Lipinski definition) is 5. The first-order valence-electron chi connectivity index (χ1n) is 9.85. The maximum Gasteiger partial charge on any atom is 0.249 e. The molecule has 0 atom stereocenters. The summed E-state index contributed by atoms with van der Waals surface area (Å²) in [6, 6.07) is 19.2. The van der Waals surface area contributed by atoms with E-state index in [2.05, 4.69) is 15.8 Å². The van der Waals surface area contributed by atoms with E-state index in [9.17, 15) is 9.59 Å². The van der Waals surface area contributed by atoms with Gasteiger partial charge in [0.25, 0.3) is 0 Å². The highest BCUT2D eigenvalue weighted by Gasteiger charge is 2.09. The van der Waals surface area contributed by atoms with Crippen LogP contribution in [0.5, 0.6) is 11.5 Å². The van der Waals surface area contributed by atoms with Crippen LogP contribution >= 0.6 is 23.2 Å². The number of nitrogens with one attached hydrogen (secondary N) is 2. The Morgan fingerprint density at radius 2 is 1.76 bits per heavy atom. The fourth-order valence-electron chi connectivity index (χ4n) is 2.72. The van der Waals surface area contributed by atoms with E-state index in [1.807, 2.05) is 6.07 Å². The van der Waals surface area contributed by atoms with E-state index in [0.717, 1.165) is 11.1 Å². The van der Waals surface area contributed by atoms with Crippen molar-refractivity contribution < 1.29 is 19.1 Å². The summed E-state index contributed by atoms with van der Waals surface area (Å²) in [5.41, 5.74) is 4.44. The lowest BCUT2D eigenvalue weighted by atomic mass is 10.2. The van der Waals surface area contributed by atoms with Crippen LogP contribution in [0.1, 0.15) is 17.5 Å². The Morgan fingerprint density at radius 3 is 2.48 bits per heavy atom. The number of halogens is 2. The van der Waals surface area contributed by atoms with Crippen LogP contribution in [0.25, 0.3) is 0 Å². The van der Waals surface area contributed by atoms with Crippen LogP contribution in [-0.2, 0) is 16.2 Å². The zero-order valence-corrected chi connectivity index (χ0v) is 19.2. The third kappa shape index (κ3) is 7.82. The molecule has 0 saturated heterocycles. The van der Waals surface area contributed by atoms with Crippen LogP contribution in [0, 0.1) is 0 Å². The molecule has 0 radical (unpaired) electrons. The average Bonchev–Trinajstić information content (AvgIpc) is 2.79. The Morgan fingerprint density at radius 1 is 0.970 bits per heavy atom. The van der Waals surface area contributed by atoms with Gasteiger partial charge in [0.05, 0.1) is 13.3 Å². The van der Waals surface area contributed by atoms with Crippen LogP contribution in [0.2, 0.25) is 10.0 Å². The van der Waals surface area contributed by atoms with Crippen molar-refractivity contribution in [2.24, 2.45) is 5.10 Å². The highest BCUT2D eigenvalue weighted by molar-refractivity contribution is 6.35. The molecular formula is C24H21Cl2N3O4. The minimum atomic E-state index is -0.536. The fraction of sp³-hybridized carbons (Fsp3) is 0.125. The minimum absolute atomic E-state index is 0.303. The number of ether oxygens (including phenoxy) is 2. The van der Waals surface area contributed by atoms with Crippen molar-refractivity contribution in [3.63, 3.8) is 0 Å². The van der Waals surface area contributed by atoms with Crippen molar-refractivity contribution in [2.75, 3.05) is 12.4 Å². The molecule has 0 fully saturated rings. The zero-order valence-electron chi connectivity index (χ0n) is 17.7. The minimum Gasteiger partial charge on any atom is -0.497 e. The molecule has 0 heterocycles. The smallest absolute Gasteiger partial charge is 0.249 e. The van der Waals surface area contributed by atoms with E-state index in [1.54, 1.807) is 60.7 Å². The molecule has 3 aromatic rings. The third-order valence-electron chi connectivity index (χ3n) is 4.37. The first-order valence-corrected chi connectivity index (χ1v) is 10.6. The van der Waals surface area contributed by atoms with Crippen molar-refractivity contribution in [3.8, 4) is 11.5 Å². The highest BCUT2D eigenvalue weighted by atomic mass is 35.5. The molecule has 3 rings (SSSR count). The van der Waals surface area contributed by atoms with Crippen LogP contribution < -0.4 is 20.2 Å². The Balaban J connectivity index is 1.43. The van der Waals surface area contributed by atoms with Crippen molar-refractivity contribution in [2.45, 2.75) is 13.0 Å². The number of nitrogens with zero attached hydrogens (tertiary/aromatic N) is 1. The first-order chi connectivity index (χ1) is 15.9. The summed E-state index contributed by atoms with van der Waals surface area (Å²) in [7, 11) is 1.53. The predicted molar refractivity (Wildman–Crippen MR) is 129 cm³/mol. The number of rotatable bonds is 9. The van der Waals surface area contributed by atoms with Gasteiger partial charge in [0.1, 0.15) is 24.5 Å². The van der Waals surface area contributed by atoms with Gasteiger partial charge in [-0.1, -0.05) is 35.3 Å². The molecule has 0 aliphatic carbocycles. The number of hydrogen-bond donors (Lipinski definition) is 2. The Bertz CT molecular complexity index is 1150. The van der Waals surface area contributed by atoms with Crippen molar-refractivity contribution in [1.29, 1.82) is 0 Å². The Kier molecular flexibility index (Phi) is 8.69. The van der Waals surface area contributed by atoms with Crippen LogP contribution in [0.3, 0.4) is 0 Å². The number of amides is 2.